The van der Waals surface area contributed by atoms with Gasteiger partial charge < -0.3 is 9.47 Å². The summed E-state index contributed by atoms with van der Waals surface area (Å²) in [6, 6.07) is 3.97. The molecule has 0 fully saturated rings. The standard InChI is InChI=1S/C15H18N2O6/c1-3-7-22-14(18)9-16-11-8-10(17(20)21)5-6-13(11)23-12(4-2)15(16)19/h5-6,8,12H,3-4,7,9H2,1-2H3. The Kier molecular flexibility index (Phi) is 5.15. The van der Waals surface area contributed by atoms with Crippen molar-refractivity contribution in [3.8, 4) is 5.75 Å². The van der Waals surface area contributed by atoms with Crippen LogP contribution in [0.4, 0.5) is 11.4 Å². The van der Waals surface area contributed by atoms with Gasteiger partial charge in [-0.25, -0.2) is 0 Å². The highest BCUT2D eigenvalue weighted by molar-refractivity contribution is 6.03. The van der Waals surface area contributed by atoms with E-state index in [0.717, 1.165) is 0 Å². The Hall–Kier alpha value is -2.64. The van der Waals surface area contributed by atoms with Gasteiger partial charge in [-0.05, 0) is 18.9 Å². The van der Waals surface area contributed by atoms with Gasteiger partial charge in [0, 0.05) is 12.1 Å². The van der Waals surface area contributed by atoms with Gasteiger partial charge in [-0.3, -0.25) is 24.6 Å². The molecule has 0 bridgehead atoms. The monoisotopic (exact) mass is 322 g/mol. The lowest BCUT2D eigenvalue weighted by molar-refractivity contribution is -0.384. The van der Waals surface area contributed by atoms with Crippen LogP contribution in [0.25, 0.3) is 0 Å². The molecule has 1 aliphatic heterocycles. The molecular formula is C15H18N2O6. The van der Waals surface area contributed by atoms with Crippen LogP contribution < -0.4 is 9.64 Å². The molecule has 0 radical (unpaired) electrons. The minimum atomic E-state index is -0.720. The third-order valence-electron chi connectivity index (χ3n) is 3.38. The number of anilines is 1. The first kappa shape index (κ1) is 16.7. The number of fused-ring (bicyclic) bond motifs is 1. The minimum Gasteiger partial charge on any atom is -0.478 e. The molecule has 1 aliphatic rings. The summed E-state index contributed by atoms with van der Waals surface area (Å²) in [5.74, 6) is -0.631. The van der Waals surface area contributed by atoms with E-state index in [-0.39, 0.29) is 24.5 Å². The van der Waals surface area contributed by atoms with Crippen LogP contribution in [-0.4, -0.2) is 36.1 Å². The number of rotatable bonds is 6. The third-order valence-corrected chi connectivity index (χ3v) is 3.38. The third kappa shape index (κ3) is 3.58. The van der Waals surface area contributed by atoms with Crippen LogP contribution in [-0.2, 0) is 14.3 Å². The largest absolute Gasteiger partial charge is 0.478 e. The summed E-state index contributed by atoms with van der Waals surface area (Å²) in [7, 11) is 0. The van der Waals surface area contributed by atoms with E-state index in [1.165, 1.54) is 23.1 Å². The highest BCUT2D eigenvalue weighted by Gasteiger charge is 2.35. The van der Waals surface area contributed by atoms with Crippen LogP contribution in [0.5, 0.6) is 5.75 Å². The normalized spacial score (nSPS) is 16.5. The van der Waals surface area contributed by atoms with E-state index < -0.39 is 22.9 Å². The number of hydrogen-bond acceptors (Lipinski definition) is 6. The van der Waals surface area contributed by atoms with E-state index in [9.17, 15) is 19.7 Å². The first-order chi connectivity index (χ1) is 11.0. The predicted molar refractivity (Wildman–Crippen MR) is 81.4 cm³/mol. The molecule has 1 atom stereocenters. The number of amides is 1. The van der Waals surface area contributed by atoms with Gasteiger partial charge in [0.25, 0.3) is 11.6 Å². The first-order valence-electron chi connectivity index (χ1n) is 7.40. The second kappa shape index (κ2) is 7.08. The molecule has 0 saturated heterocycles. The van der Waals surface area contributed by atoms with E-state index in [1.807, 2.05) is 6.92 Å². The summed E-state index contributed by atoms with van der Waals surface area (Å²) in [6.07, 6.45) is 0.376. The highest BCUT2D eigenvalue weighted by Crippen LogP contribution is 2.37. The molecule has 1 heterocycles. The topological polar surface area (TPSA) is 99.0 Å². The van der Waals surface area contributed by atoms with Gasteiger partial charge in [-0.15, -0.1) is 0 Å². The molecule has 1 aromatic rings. The van der Waals surface area contributed by atoms with Crippen molar-refractivity contribution in [2.45, 2.75) is 32.8 Å². The zero-order valence-corrected chi connectivity index (χ0v) is 13.0. The lowest BCUT2D eigenvalue weighted by Gasteiger charge is -2.33. The molecule has 1 aromatic carbocycles. The molecule has 0 aromatic heterocycles. The zero-order chi connectivity index (χ0) is 17.0. The Morgan fingerprint density at radius 2 is 2.17 bits per heavy atom. The summed E-state index contributed by atoms with van der Waals surface area (Å²) in [5, 5.41) is 10.9. The van der Waals surface area contributed by atoms with Gasteiger partial charge in [-0.2, -0.15) is 0 Å². The van der Waals surface area contributed by atoms with Crippen molar-refractivity contribution in [2.75, 3.05) is 18.1 Å². The molecule has 2 rings (SSSR count). The van der Waals surface area contributed by atoms with Crippen molar-refractivity contribution < 1.29 is 24.0 Å². The van der Waals surface area contributed by atoms with Crippen molar-refractivity contribution in [3.63, 3.8) is 0 Å². The van der Waals surface area contributed by atoms with Crippen LogP contribution in [0.3, 0.4) is 0 Å². The molecule has 23 heavy (non-hydrogen) atoms. The van der Waals surface area contributed by atoms with E-state index in [4.69, 9.17) is 9.47 Å². The van der Waals surface area contributed by atoms with E-state index in [0.29, 0.717) is 18.6 Å². The second-order valence-electron chi connectivity index (χ2n) is 5.07. The molecule has 0 spiro atoms. The van der Waals surface area contributed by atoms with E-state index >= 15 is 0 Å². The van der Waals surface area contributed by atoms with Gasteiger partial charge in [0.2, 0.25) is 0 Å². The number of nitro groups is 1. The van der Waals surface area contributed by atoms with Crippen molar-refractivity contribution in [1.29, 1.82) is 0 Å². The zero-order valence-electron chi connectivity index (χ0n) is 13.0. The van der Waals surface area contributed by atoms with Gasteiger partial charge >= 0.3 is 5.97 Å². The smallest absolute Gasteiger partial charge is 0.326 e. The van der Waals surface area contributed by atoms with Crippen molar-refractivity contribution >= 4 is 23.3 Å². The fourth-order valence-electron chi connectivity index (χ4n) is 2.24. The Labute approximate surface area is 133 Å². The van der Waals surface area contributed by atoms with Crippen LogP contribution >= 0.6 is 0 Å². The second-order valence-corrected chi connectivity index (χ2v) is 5.07. The molecule has 8 heteroatoms. The molecule has 0 aliphatic carbocycles. The van der Waals surface area contributed by atoms with Crippen LogP contribution in [0.15, 0.2) is 18.2 Å². The summed E-state index contributed by atoms with van der Waals surface area (Å²) in [4.78, 5) is 35.8. The number of carbonyl (C=O) groups is 2. The molecule has 0 N–H and O–H groups in total. The summed E-state index contributed by atoms with van der Waals surface area (Å²) >= 11 is 0. The van der Waals surface area contributed by atoms with Gasteiger partial charge in [-0.1, -0.05) is 13.8 Å². The number of esters is 1. The summed E-state index contributed by atoms with van der Waals surface area (Å²) in [6.45, 7) is 3.61. The Balaban J connectivity index is 2.34. The number of nitrogens with zero attached hydrogens (tertiary/aromatic N) is 2. The number of carbonyl (C=O) groups excluding carboxylic acids is 2. The highest BCUT2D eigenvalue weighted by atomic mass is 16.6. The van der Waals surface area contributed by atoms with Crippen LogP contribution in [0.1, 0.15) is 26.7 Å². The Morgan fingerprint density at radius 1 is 1.43 bits per heavy atom. The summed E-state index contributed by atoms with van der Waals surface area (Å²) < 4.78 is 10.6. The molecule has 1 unspecified atom stereocenters. The number of benzene rings is 1. The lowest BCUT2D eigenvalue weighted by Crippen LogP contribution is -2.48. The number of nitro benzene ring substituents is 1. The SMILES string of the molecule is CCCOC(=O)CN1C(=O)C(CC)Oc2ccc([N+](=O)[O-])cc21. The molecular weight excluding hydrogens is 304 g/mol. The van der Waals surface area contributed by atoms with Crippen molar-refractivity contribution in [3.05, 3.63) is 28.3 Å². The van der Waals surface area contributed by atoms with E-state index in [2.05, 4.69) is 0 Å². The Morgan fingerprint density at radius 3 is 2.78 bits per heavy atom. The predicted octanol–water partition coefficient (Wildman–Crippen LogP) is 2.05. The van der Waals surface area contributed by atoms with Crippen LogP contribution in [0.2, 0.25) is 0 Å². The maximum absolute atomic E-state index is 12.4. The van der Waals surface area contributed by atoms with E-state index in [1.54, 1.807) is 6.92 Å². The lowest BCUT2D eigenvalue weighted by atomic mass is 10.1. The maximum Gasteiger partial charge on any atom is 0.326 e. The molecule has 1 amide bonds. The average Bonchev–Trinajstić information content (AvgIpc) is 2.54. The number of non-ortho nitro benzene ring substituents is 1. The molecule has 0 saturated carbocycles. The van der Waals surface area contributed by atoms with Crippen LogP contribution in [0, 0.1) is 10.1 Å². The molecule has 124 valence electrons. The quantitative estimate of drug-likeness (QED) is 0.451. The first-order valence-corrected chi connectivity index (χ1v) is 7.40. The summed E-state index contributed by atoms with van der Waals surface area (Å²) in [5.41, 5.74) is 0.0318. The van der Waals surface area contributed by atoms with Gasteiger partial charge in [0.15, 0.2) is 6.10 Å². The fourth-order valence-corrected chi connectivity index (χ4v) is 2.24. The molecule has 8 nitrogen and oxygen atoms in total. The number of ether oxygens (including phenoxy) is 2. The average molecular weight is 322 g/mol. The van der Waals surface area contributed by atoms with Crippen molar-refractivity contribution in [1.82, 2.24) is 0 Å². The minimum absolute atomic E-state index is 0.179. The maximum atomic E-state index is 12.4. The fraction of sp³-hybridized carbons (Fsp3) is 0.467. The van der Waals surface area contributed by atoms with Gasteiger partial charge in [0.05, 0.1) is 17.2 Å². The Bertz CT molecular complexity index is 630. The van der Waals surface area contributed by atoms with Gasteiger partial charge in [0.1, 0.15) is 12.3 Å². The number of hydrogen-bond donors (Lipinski definition) is 0. The van der Waals surface area contributed by atoms with Crippen molar-refractivity contribution in [2.24, 2.45) is 0 Å².